The van der Waals surface area contributed by atoms with Crippen LogP contribution in [0.4, 0.5) is 4.39 Å². The van der Waals surface area contributed by atoms with E-state index in [1.54, 1.807) is 22.9 Å². The van der Waals surface area contributed by atoms with Crippen LogP contribution >= 0.6 is 15.9 Å². The highest BCUT2D eigenvalue weighted by Gasteiger charge is 2.21. The van der Waals surface area contributed by atoms with Crippen LogP contribution in [0.1, 0.15) is 17.0 Å². The van der Waals surface area contributed by atoms with Gasteiger partial charge in [-0.25, -0.2) is 14.1 Å². The largest absolute Gasteiger partial charge is 0.276 e. The molecule has 2 aromatic carbocycles. The van der Waals surface area contributed by atoms with E-state index in [2.05, 4.69) is 31.0 Å². The molecule has 0 unspecified atom stereocenters. The van der Waals surface area contributed by atoms with Crippen molar-refractivity contribution < 1.29 is 4.39 Å². The lowest BCUT2D eigenvalue weighted by molar-refractivity contribution is 0.625. The normalized spacial score (nSPS) is 13.1. The summed E-state index contributed by atoms with van der Waals surface area (Å²) in [7, 11) is 0. The lowest BCUT2D eigenvalue weighted by Crippen LogP contribution is -2.09. The minimum Gasteiger partial charge on any atom is -0.276 e. The molecule has 1 aliphatic rings. The molecular weight excluding hydrogens is 347 g/mol. The third kappa shape index (κ3) is 2.07. The lowest BCUT2D eigenvalue weighted by atomic mass is 10.0. The maximum absolute atomic E-state index is 14.2. The van der Waals surface area contributed by atoms with Gasteiger partial charge in [0.1, 0.15) is 12.1 Å². The fourth-order valence-electron chi connectivity index (χ4n) is 2.58. The molecule has 0 saturated carbocycles. The Labute approximate surface area is 134 Å². The number of rotatable bonds is 1. The molecule has 1 aromatic heterocycles. The first kappa shape index (κ1) is 13.3. The molecule has 0 spiro atoms. The monoisotopic (exact) mass is 356 g/mol. The second-order valence-electron chi connectivity index (χ2n) is 4.89. The molecule has 4 rings (SSSR count). The third-order valence-electron chi connectivity index (χ3n) is 3.57. The van der Waals surface area contributed by atoms with Crippen LogP contribution in [-0.4, -0.2) is 20.5 Å². The topological polar surface area (TPSA) is 43.1 Å². The number of hydrogen-bond donors (Lipinski definition) is 0. The number of aliphatic imine (C=N–C) groups is 1. The average Bonchev–Trinajstić information content (AvgIpc) is 2.92. The highest BCUT2D eigenvalue weighted by atomic mass is 79.9. The van der Waals surface area contributed by atoms with Crippen molar-refractivity contribution in [1.82, 2.24) is 14.8 Å². The number of nitrogens with zero attached hydrogens (tertiary/aromatic N) is 4. The predicted molar refractivity (Wildman–Crippen MR) is 84.8 cm³/mol. The number of fused-ring (bicyclic) bond motifs is 3. The summed E-state index contributed by atoms with van der Waals surface area (Å²) in [4.78, 5) is 8.81. The Balaban J connectivity index is 2.01. The Kier molecular flexibility index (Phi) is 3.11. The zero-order valence-electron chi connectivity index (χ0n) is 11.4. The van der Waals surface area contributed by atoms with E-state index < -0.39 is 0 Å². The van der Waals surface area contributed by atoms with E-state index in [9.17, 15) is 4.39 Å². The Morgan fingerprint density at radius 2 is 1.95 bits per heavy atom. The van der Waals surface area contributed by atoms with Crippen LogP contribution < -0.4 is 0 Å². The summed E-state index contributed by atoms with van der Waals surface area (Å²) in [6, 6.07) is 12.4. The first-order valence-electron chi connectivity index (χ1n) is 6.72. The SMILES string of the molecule is Fc1ccccc1C1=NCc2ncnn2-c2ccc(Br)cc21. The minimum atomic E-state index is -0.292. The van der Waals surface area contributed by atoms with Gasteiger partial charge in [0, 0.05) is 15.6 Å². The molecule has 108 valence electrons. The van der Waals surface area contributed by atoms with Gasteiger partial charge in [0.2, 0.25) is 0 Å². The van der Waals surface area contributed by atoms with Crippen molar-refractivity contribution in [2.45, 2.75) is 6.54 Å². The lowest BCUT2D eigenvalue weighted by Gasteiger charge is -2.11. The smallest absolute Gasteiger partial charge is 0.153 e. The van der Waals surface area contributed by atoms with Crippen LogP contribution in [0.25, 0.3) is 5.69 Å². The maximum atomic E-state index is 14.2. The fraction of sp³-hybridized carbons (Fsp3) is 0.0625. The van der Waals surface area contributed by atoms with Crippen molar-refractivity contribution in [1.29, 1.82) is 0 Å². The van der Waals surface area contributed by atoms with Crippen LogP contribution in [0.2, 0.25) is 0 Å². The van der Waals surface area contributed by atoms with Gasteiger partial charge in [0.25, 0.3) is 0 Å². The molecule has 0 fully saturated rings. The van der Waals surface area contributed by atoms with Gasteiger partial charge in [-0.3, -0.25) is 4.99 Å². The van der Waals surface area contributed by atoms with Crippen molar-refractivity contribution in [3.8, 4) is 5.69 Å². The van der Waals surface area contributed by atoms with E-state index in [-0.39, 0.29) is 5.82 Å². The van der Waals surface area contributed by atoms with Gasteiger partial charge in [0.05, 0.1) is 17.9 Å². The summed E-state index contributed by atoms with van der Waals surface area (Å²) >= 11 is 3.47. The Hall–Kier alpha value is -2.34. The molecule has 0 radical (unpaired) electrons. The molecule has 1 aliphatic heterocycles. The summed E-state index contributed by atoms with van der Waals surface area (Å²) in [5.41, 5.74) is 2.76. The van der Waals surface area contributed by atoms with Crippen LogP contribution in [0.5, 0.6) is 0 Å². The molecule has 0 aliphatic carbocycles. The van der Waals surface area contributed by atoms with E-state index in [0.29, 0.717) is 17.8 Å². The van der Waals surface area contributed by atoms with Crippen molar-refractivity contribution in [2.75, 3.05) is 0 Å². The zero-order valence-corrected chi connectivity index (χ0v) is 13.0. The number of halogens is 2. The van der Waals surface area contributed by atoms with Gasteiger partial charge in [0.15, 0.2) is 5.82 Å². The second kappa shape index (κ2) is 5.14. The van der Waals surface area contributed by atoms with E-state index in [0.717, 1.165) is 21.5 Å². The Morgan fingerprint density at radius 1 is 1.09 bits per heavy atom. The molecule has 0 bridgehead atoms. The standard InChI is InChI=1S/C16H10BrFN4/c17-10-5-6-14-12(7-10)16(11-3-1-2-4-13(11)18)19-8-15-20-9-21-22(14)15/h1-7,9H,8H2. The molecule has 4 nitrogen and oxygen atoms in total. The van der Waals surface area contributed by atoms with Crippen LogP contribution in [0, 0.1) is 5.82 Å². The van der Waals surface area contributed by atoms with Crippen LogP contribution in [0.15, 0.2) is 58.3 Å². The Bertz CT molecular complexity index is 901. The third-order valence-corrected chi connectivity index (χ3v) is 4.06. The molecule has 0 amide bonds. The fourth-order valence-corrected chi connectivity index (χ4v) is 2.94. The van der Waals surface area contributed by atoms with Crippen molar-refractivity contribution in [2.24, 2.45) is 4.99 Å². The minimum absolute atomic E-state index is 0.292. The van der Waals surface area contributed by atoms with Crippen LogP contribution in [0.3, 0.4) is 0 Å². The predicted octanol–water partition coefficient (Wildman–Crippen LogP) is 3.52. The van der Waals surface area contributed by atoms with Gasteiger partial charge in [-0.1, -0.05) is 28.1 Å². The van der Waals surface area contributed by atoms with E-state index >= 15 is 0 Å². The molecule has 0 atom stereocenters. The van der Waals surface area contributed by atoms with Gasteiger partial charge >= 0.3 is 0 Å². The van der Waals surface area contributed by atoms with Gasteiger partial charge < -0.3 is 0 Å². The first-order chi connectivity index (χ1) is 10.7. The Morgan fingerprint density at radius 3 is 2.82 bits per heavy atom. The maximum Gasteiger partial charge on any atom is 0.153 e. The number of aromatic nitrogens is 3. The van der Waals surface area contributed by atoms with Gasteiger partial charge in [-0.2, -0.15) is 5.10 Å². The molecule has 22 heavy (non-hydrogen) atoms. The van der Waals surface area contributed by atoms with E-state index in [1.807, 2.05) is 18.2 Å². The molecule has 0 N–H and O–H groups in total. The molecule has 0 saturated heterocycles. The van der Waals surface area contributed by atoms with E-state index in [4.69, 9.17) is 0 Å². The highest BCUT2D eigenvalue weighted by Crippen LogP contribution is 2.27. The first-order valence-corrected chi connectivity index (χ1v) is 7.52. The summed E-state index contributed by atoms with van der Waals surface area (Å²) in [6.45, 7) is 0.357. The van der Waals surface area contributed by atoms with Gasteiger partial charge in [-0.05, 0) is 30.3 Å². The summed E-state index contributed by atoms with van der Waals surface area (Å²) in [5.74, 6) is 0.439. The van der Waals surface area contributed by atoms with Crippen LogP contribution in [-0.2, 0) is 6.54 Å². The number of benzene rings is 2. The second-order valence-corrected chi connectivity index (χ2v) is 5.81. The average molecular weight is 357 g/mol. The van der Waals surface area contributed by atoms with Gasteiger partial charge in [-0.15, -0.1) is 0 Å². The molecule has 6 heteroatoms. The highest BCUT2D eigenvalue weighted by molar-refractivity contribution is 9.10. The van der Waals surface area contributed by atoms with Crippen molar-refractivity contribution in [3.05, 3.63) is 76.0 Å². The molecule has 3 aromatic rings. The van der Waals surface area contributed by atoms with E-state index in [1.165, 1.54) is 12.4 Å². The quantitative estimate of drug-likeness (QED) is 0.669. The summed E-state index contributed by atoms with van der Waals surface area (Å²) in [6.07, 6.45) is 1.50. The zero-order chi connectivity index (χ0) is 15.1. The van der Waals surface area contributed by atoms with Crippen molar-refractivity contribution >= 4 is 21.6 Å². The summed E-state index contributed by atoms with van der Waals surface area (Å²) < 4.78 is 16.9. The summed E-state index contributed by atoms with van der Waals surface area (Å²) in [5, 5.41) is 4.26. The molecule has 2 heterocycles. The number of hydrogen-bond acceptors (Lipinski definition) is 3. The van der Waals surface area contributed by atoms with Crippen molar-refractivity contribution in [3.63, 3.8) is 0 Å². The molecular formula is C16H10BrFN4.